The molecule has 1 aliphatic rings. The highest BCUT2D eigenvalue weighted by molar-refractivity contribution is 5.76. The van der Waals surface area contributed by atoms with E-state index in [2.05, 4.69) is 18.7 Å². The lowest BCUT2D eigenvalue weighted by atomic mass is 9.98. The molecule has 0 saturated carbocycles. The Morgan fingerprint density at radius 2 is 2.12 bits per heavy atom. The van der Waals surface area contributed by atoms with Crippen molar-refractivity contribution in [3.63, 3.8) is 0 Å². The van der Waals surface area contributed by atoms with Crippen LogP contribution in [0.4, 0.5) is 0 Å². The minimum Gasteiger partial charge on any atom is -0.340 e. The van der Waals surface area contributed by atoms with Gasteiger partial charge in [-0.25, -0.2) is 0 Å². The van der Waals surface area contributed by atoms with Gasteiger partial charge in [-0.1, -0.05) is 26.7 Å². The molecule has 16 heavy (non-hydrogen) atoms. The Kier molecular flexibility index (Phi) is 5.81. The molecule has 3 nitrogen and oxygen atoms in total. The van der Waals surface area contributed by atoms with Crippen molar-refractivity contribution >= 4 is 5.91 Å². The number of hydrogen-bond acceptors (Lipinski definition) is 2. The summed E-state index contributed by atoms with van der Waals surface area (Å²) in [5.41, 5.74) is 5.47. The monoisotopic (exact) mass is 226 g/mol. The molecule has 0 aromatic heterocycles. The van der Waals surface area contributed by atoms with Gasteiger partial charge in [0.1, 0.15) is 0 Å². The molecular formula is C13H26N2O. The van der Waals surface area contributed by atoms with E-state index in [9.17, 15) is 4.79 Å². The van der Waals surface area contributed by atoms with Crippen LogP contribution < -0.4 is 5.73 Å². The Balaban J connectivity index is 2.61. The van der Waals surface area contributed by atoms with Crippen LogP contribution >= 0.6 is 0 Å². The molecule has 1 amide bonds. The maximum atomic E-state index is 12.0. The maximum absolute atomic E-state index is 12.0. The van der Waals surface area contributed by atoms with E-state index in [1.807, 2.05) is 0 Å². The van der Waals surface area contributed by atoms with Gasteiger partial charge in [-0.3, -0.25) is 4.79 Å². The van der Waals surface area contributed by atoms with Crippen molar-refractivity contribution in [2.75, 3.05) is 13.1 Å². The average Bonchev–Trinajstić information content (AvgIpc) is 2.43. The van der Waals surface area contributed by atoms with Crippen LogP contribution in [0.1, 0.15) is 52.4 Å². The van der Waals surface area contributed by atoms with Crippen molar-refractivity contribution in [3.05, 3.63) is 0 Å². The summed E-state index contributed by atoms with van der Waals surface area (Å²) in [4.78, 5) is 14.1. The Morgan fingerprint density at radius 1 is 1.38 bits per heavy atom. The lowest BCUT2D eigenvalue weighted by molar-refractivity contribution is -0.133. The summed E-state index contributed by atoms with van der Waals surface area (Å²) in [6.07, 6.45) is 6.51. The van der Waals surface area contributed by atoms with Gasteiger partial charge in [0.15, 0.2) is 0 Å². The molecule has 0 radical (unpaired) electrons. The number of amides is 1. The Bertz CT molecular complexity index is 216. The van der Waals surface area contributed by atoms with Crippen molar-refractivity contribution in [1.82, 2.24) is 4.90 Å². The van der Waals surface area contributed by atoms with Crippen LogP contribution in [-0.2, 0) is 4.79 Å². The third kappa shape index (κ3) is 4.12. The highest BCUT2D eigenvalue weighted by Gasteiger charge is 2.25. The number of carbonyl (C=O) groups is 1. The van der Waals surface area contributed by atoms with Gasteiger partial charge in [-0.15, -0.1) is 0 Å². The second-order valence-electron chi connectivity index (χ2n) is 5.26. The van der Waals surface area contributed by atoms with Crippen LogP contribution in [0.5, 0.6) is 0 Å². The topological polar surface area (TPSA) is 46.3 Å². The van der Waals surface area contributed by atoms with Crippen molar-refractivity contribution in [2.24, 2.45) is 11.7 Å². The largest absolute Gasteiger partial charge is 0.340 e. The fourth-order valence-corrected chi connectivity index (χ4v) is 2.56. The first-order chi connectivity index (χ1) is 7.65. The summed E-state index contributed by atoms with van der Waals surface area (Å²) in [5, 5.41) is 0. The molecule has 3 heteroatoms. The molecule has 0 aromatic carbocycles. The average molecular weight is 226 g/mol. The molecule has 1 fully saturated rings. The van der Waals surface area contributed by atoms with Gasteiger partial charge in [-0.05, 0) is 25.2 Å². The molecule has 1 unspecified atom stereocenters. The lowest BCUT2D eigenvalue weighted by Crippen LogP contribution is -2.41. The van der Waals surface area contributed by atoms with E-state index in [0.717, 1.165) is 19.4 Å². The zero-order valence-electron chi connectivity index (χ0n) is 10.7. The third-order valence-corrected chi connectivity index (χ3v) is 3.30. The minimum absolute atomic E-state index is 0.259. The molecule has 0 aliphatic carbocycles. The van der Waals surface area contributed by atoms with E-state index in [4.69, 9.17) is 5.73 Å². The molecule has 1 rings (SSSR count). The van der Waals surface area contributed by atoms with Crippen LogP contribution in [0.25, 0.3) is 0 Å². The second-order valence-corrected chi connectivity index (χ2v) is 5.26. The summed E-state index contributed by atoms with van der Waals surface area (Å²) >= 11 is 0. The normalized spacial score (nSPS) is 22.2. The number of nitrogens with two attached hydrogens (primary N) is 1. The Morgan fingerprint density at radius 3 is 2.75 bits per heavy atom. The quantitative estimate of drug-likeness (QED) is 0.798. The Labute approximate surface area is 99.4 Å². The molecule has 1 saturated heterocycles. The summed E-state index contributed by atoms with van der Waals surface area (Å²) in [5.74, 6) is 0.923. The highest BCUT2D eigenvalue weighted by Crippen LogP contribution is 2.22. The molecule has 1 heterocycles. The second kappa shape index (κ2) is 6.89. The zero-order chi connectivity index (χ0) is 12.0. The van der Waals surface area contributed by atoms with Crippen molar-refractivity contribution in [3.8, 4) is 0 Å². The summed E-state index contributed by atoms with van der Waals surface area (Å²) in [6.45, 7) is 5.88. The van der Waals surface area contributed by atoms with Crippen LogP contribution in [0.15, 0.2) is 0 Å². The number of carbonyl (C=O) groups excluding carboxylic acids is 1. The predicted molar refractivity (Wildman–Crippen MR) is 67.1 cm³/mol. The molecule has 2 N–H and O–H groups in total. The smallest absolute Gasteiger partial charge is 0.224 e. The minimum atomic E-state index is 0.259. The van der Waals surface area contributed by atoms with Crippen molar-refractivity contribution < 1.29 is 4.79 Å². The lowest BCUT2D eigenvalue weighted by Gasteiger charge is -2.31. The maximum Gasteiger partial charge on any atom is 0.224 e. The first-order valence-corrected chi connectivity index (χ1v) is 6.64. The third-order valence-electron chi connectivity index (χ3n) is 3.30. The van der Waals surface area contributed by atoms with Gasteiger partial charge in [0.2, 0.25) is 5.91 Å². The van der Waals surface area contributed by atoms with Gasteiger partial charge in [0, 0.05) is 25.6 Å². The van der Waals surface area contributed by atoms with Gasteiger partial charge in [-0.2, -0.15) is 0 Å². The van der Waals surface area contributed by atoms with E-state index in [1.54, 1.807) is 0 Å². The van der Waals surface area contributed by atoms with E-state index < -0.39 is 0 Å². The summed E-state index contributed by atoms with van der Waals surface area (Å²) in [7, 11) is 0. The van der Waals surface area contributed by atoms with Gasteiger partial charge >= 0.3 is 0 Å². The van der Waals surface area contributed by atoms with Crippen LogP contribution in [0.2, 0.25) is 0 Å². The number of nitrogens with zero attached hydrogens (tertiary/aromatic N) is 1. The fraction of sp³-hybridized carbons (Fsp3) is 0.923. The van der Waals surface area contributed by atoms with E-state index >= 15 is 0 Å². The number of rotatable bonds is 4. The van der Waals surface area contributed by atoms with Gasteiger partial charge in [0.05, 0.1) is 0 Å². The van der Waals surface area contributed by atoms with Gasteiger partial charge < -0.3 is 10.6 Å². The van der Waals surface area contributed by atoms with Crippen LogP contribution in [0, 0.1) is 5.92 Å². The molecule has 1 atom stereocenters. The zero-order valence-corrected chi connectivity index (χ0v) is 10.7. The van der Waals surface area contributed by atoms with E-state index in [1.165, 1.54) is 19.3 Å². The first-order valence-electron chi connectivity index (χ1n) is 6.64. The molecule has 94 valence electrons. The van der Waals surface area contributed by atoms with Gasteiger partial charge in [0.25, 0.3) is 0 Å². The Hall–Kier alpha value is -0.570. The fourth-order valence-electron chi connectivity index (χ4n) is 2.56. The van der Waals surface area contributed by atoms with Crippen LogP contribution in [0.3, 0.4) is 0 Å². The molecule has 0 bridgehead atoms. The molecule has 0 aromatic rings. The highest BCUT2D eigenvalue weighted by atomic mass is 16.2. The first kappa shape index (κ1) is 13.5. The molecular weight excluding hydrogens is 200 g/mol. The number of likely N-dealkylation sites (tertiary alicyclic amines) is 1. The number of hydrogen-bond donors (Lipinski definition) is 1. The summed E-state index contributed by atoms with van der Waals surface area (Å²) in [6, 6.07) is 0.460. The molecule has 0 spiro atoms. The van der Waals surface area contributed by atoms with E-state index in [-0.39, 0.29) is 5.91 Å². The van der Waals surface area contributed by atoms with E-state index in [0.29, 0.717) is 24.9 Å². The SMILES string of the molecule is CC(C)CC1CCCCCN1C(=O)CCN. The standard InChI is InChI=1S/C13H26N2O/c1-11(2)10-12-6-4-3-5-9-15(12)13(16)7-8-14/h11-12H,3-10,14H2,1-2H3. The molecule has 1 aliphatic heterocycles. The summed E-state index contributed by atoms with van der Waals surface area (Å²) < 4.78 is 0. The predicted octanol–water partition coefficient (Wildman–Crippen LogP) is 2.15. The van der Waals surface area contributed by atoms with Crippen molar-refractivity contribution in [1.29, 1.82) is 0 Å². The van der Waals surface area contributed by atoms with Crippen LogP contribution in [-0.4, -0.2) is 29.9 Å². The van der Waals surface area contributed by atoms with Crippen molar-refractivity contribution in [2.45, 2.75) is 58.4 Å².